The van der Waals surface area contributed by atoms with Crippen molar-refractivity contribution in [2.24, 2.45) is 0 Å². The number of benzene rings is 1. The van der Waals surface area contributed by atoms with Crippen LogP contribution in [0, 0.1) is 17.6 Å². The highest BCUT2D eigenvalue weighted by molar-refractivity contribution is 7.92. The van der Waals surface area contributed by atoms with E-state index in [-0.39, 0.29) is 5.82 Å². The van der Waals surface area contributed by atoms with Crippen LogP contribution < -0.4 is 4.72 Å². The molecule has 2 rings (SSSR count). The zero-order valence-electron chi connectivity index (χ0n) is 9.27. The van der Waals surface area contributed by atoms with E-state index in [1.165, 1.54) is 6.07 Å². The predicted octanol–water partition coefficient (Wildman–Crippen LogP) is 2.30. The van der Waals surface area contributed by atoms with Gasteiger partial charge in [0.15, 0.2) is 4.90 Å². The van der Waals surface area contributed by atoms with Crippen molar-refractivity contribution in [2.75, 3.05) is 4.72 Å². The lowest BCUT2D eigenvalue weighted by atomic mass is 10.3. The van der Waals surface area contributed by atoms with Crippen LogP contribution in [0.5, 0.6) is 0 Å². The van der Waals surface area contributed by atoms with E-state index in [0.29, 0.717) is 0 Å². The summed E-state index contributed by atoms with van der Waals surface area (Å²) >= 11 is 0. The summed E-state index contributed by atoms with van der Waals surface area (Å²) < 4.78 is 65.0. The number of halogens is 3. The van der Waals surface area contributed by atoms with Gasteiger partial charge in [0.1, 0.15) is 17.5 Å². The number of aromatic nitrogens is 1. The molecule has 0 aliphatic rings. The Morgan fingerprint density at radius 3 is 2.11 bits per heavy atom. The third-order valence-electron chi connectivity index (χ3n) is 2.14. The summed E-state index contributed by atoms with van der Waals surface area (Å²) in [7, 11) is -4.52. The molecule has 0 unspecified atom stereocenters. The van der Waals surface area contributed by atoms with Crippen molar-refractivity contribution in [1.29, 1.82) is 0 Å². The number of hydrogen-bond acceptors (Lipinski definition) is 3. The van der Waals surface area contributed by atoms with Crippen molar-refractivity contribution in [1.82, 2.24) is 4.98 Å². The maximum absolute atomic E-state index is 13.4. The molecule has 1 heterocycles. The Morgan fingerprint density at radius 1 is 0.947 bits per heavy atom. The Kier molecular flexibility index (Phi) is 3.43. The van der Waals surface area contributed by atoms with E-state index < -0.39 is 32.5 Å². The van der Waals surface area contributed by atoms with Crippen molar-refractivity contribution >= 4 is 15.8 Å². The van der Waals surface area contributed by atoms with Gasteiger partial charge < -0.3 is 0 Å². The van der Waals surface area contributed by atoms with Crippen molar-refractivity contribution in [3.05, 3.63) is 54.0 Å². The lowest BCUT2D eigenvalue weighted by Crippen LogP contribution is -2.17. The van der Waals surface area contributed by atoms with Crippen molar-refractivity contribution < 1.29 is 21.6 Å². The van der Waals surface area contributed by atoms with E-state index in [9.17, 15) is 21.6 Å². The second-order valence-electron chi connectivity index (χ2n) is 3.50. The molecule has 0 radical (unpaired) electrons. The first kappa shape index (κ1) is 13.3. The van der Waals surface area contributed by atoms with E-state index in [4.69, 9.17) is 0 Å². The van der Waals surface area contributed by atoms with Crippen LogP contribution in [0.4, 0.5) is 19.0 Å². The summed E-state index contributed by atoms with van der Waals surface area (Å²) in [5.74, 6) is -3.79. The fourth-order valence-corrected chi connectivity index (χ4v) is 2.53. The van der Waals surface area contributed by atoms with Crippen LogP contribution in [-0.2, 0) is 10.0 Å². The van der Waals surface area contributed by atoms with E-state index in [1.54, 1.807) is 4.72 Å². The van der Waals surface area contributed by atoms with Crippen molar-refractivity contribution in [3.8, 4) is 0 Å². The molecule has 0 saturated carbocycles. The number of anilines is 1. The minimum Gasteiger partial charge on any atom is -0.263 e. The van der Waals surface area contributed by atoms with Gasteiger partial charge in [0.25, 0.3) is 10.0 Å². The zero-order chi connectivity index (χ0) is 14.0. The van der Waals surface area contributed by atoms with E-state index in [1.807, 2.05) is 0 Å². The SMILES string of the molecule is O=S(=O)(Nc1cccc(F)n1)c1c(F)cccc1F. The molecule has 0 atom stereocenters. The molecule has 100 valence electrons. The summed E-state index contributed by atoms with van der Waals surface area (Å²) in [5.41, 5.74) is 0. The zero-order valence-corrected chi connectivity index (χ0v) is 10.1. The topological polar surface area (TPSA) is 59.1 Å². The third-order valence-corrected chi connectivity index (χ3v) is 3.55. The Bertz CT molecular complexity index is 699. The van der Waals surface area contributed by atoms with Gasteiger partial charge in [0.2, 0.25) is 5.95 Å². The second-order valence-corrected chi connectivity index (χ2v) is 5.12. The lowest BCUT2D eigenvalue weighted by Gasteiger charge is -2.08. The van der Waals surface area contributed by atoms with Gasteiger partial charge >= 0.3 is 0 Å². The minimum absolute atomic E-state index is 0.373. The minimum atomic E-state index is -4.52. The molecule has 0 aliphatic carbocycles. The first-order chi connectivity index (χ1) is 8.90. The van der Waals surface area contributed by atoms with Crippen LogP contribution in [0.3, 0.4) is 0 Å². The van der Waals surface area contributed by atoms with Gasteiger partial charge in [-0.25, -0.2) is 22.2 Å². The Balaban J connectivity index is 2.44. The summed E-state index contributed by atoms with van der Waals surface area (Å²) in [6.07, 6.45) is 0. The molecule has 0 saturated heterocycles. The van der Waals surface area contributed by atoms with Gasteiger partial charge in [-0.2, -0.15) is 4.39 Å². The van der Waals surface area contributed by atoms with E-state index in [2.05, 4.69) is 4.98 Å². The second kappa shape index (κ2) is 4.88. The van der Waals surface area contributed by atoms with Gasteiger partial charge in [-0.15, -0.1) is 0 Å². The van der Waals surface area contributed by atoms with Crippen molar-refractivity contribution in [3.63, 3.8) is 0 Å². The molecule has 0 amide bonds. The molecule has 2 aromatic rings. The molecule has 0 aliphatic heterocycles. The molecule has 0 spiro atoms. The first-order valence-electron chi connectivity index (χ1n) is 4.99. The Labute approximate surface area is 107 Å². The van der Waals surface area contributed by atoms with Crippen LogP contribution in [0.1, 0.15) is 0 Å². The number of nitrogens with one attached hydrogen (secondary N) is 1. The van der Waals surface area contributed by atoms with E-state index in [0.717, 1.165) is 30.3 Å². The summed E-state index contributed by atoms with van der Waals surface area (Å²) in [5, 5.41) is 0. The molecule has 0 bridgehead atoms. The first-order valence-corrected chi connectivity index (χ1v) is 6.48. The van der Waals surface area contributed by atoms with Gasteiger partial charge in [-0.3, -0.25) is 4.72 Å². The third kappa shape index (κ3) is 2.84. The number of hydrogen-bond donors (Lipinski definition) is 1. The molecule has 1 N–H and O–H groups in total. The molecule has 1 aromatic heterocycles. The fourth-order valence-electron chi connectivity index (χ4n) is 1.39. The Morgan fingerprint density at radius 2 is 1.53 bits per heavy atom. The van der Waals surface area contributed by atoms with Crippen LogP contribution in [0.2, 0.25) is 0 Å². The summed E-state index contributed by atoms with van der Waals surface area (Å²) in [6.45, 7) is 0. The normalized spacial score (nSPS) is 11.3. The summed E-state index contributed by atoms with van der Waals surface area (Å²) in [6, 6.07) is 6.00. The van der Waals surface area contributed by atoms with Crippen LogP contribution in [0.25, 0.3) is 0 Å². The molecule has 8 heteroatoms. The maximum Gasteiger partial charge on any atom is 0.268 e. The van der Waals surface area contributed by atoms with Crippen LogP contribution >= 0.6 is 0 Å². The quantitative estimate of drug-likeness (QED) is 0.882. The van der Waals surface area contributed by atoms with Gasteiger partial charge in [0, 0.05) is 0 Å². The molecule has 19 heavy (non-hydrogen) atoms. The van der Waals surface area contributed by atoms with Gasteiger partial charge in [-0.1, -0.05) is 12.1 Å². The molecular weight excluding hydrogens is 281 g/mol. The molecular formula is C11H7F3N2O2S. The predicted molar refractivity (Wildman–Crippen MR) is 61.4 cm³/mol. The average Bonchev–Trinajstić information content (AvgIpc) is 2.27. The summed E-state index contributed by atoms with van der Waals surface area (Å²) in [4.78, 5) is 2.10. The number of sulfonamides is 1. The highest BCUT2D eigenvalue weighted by atomic mass is 32.2. The van der Waals surface area contributed by atoms with Crippen LogP contribution in [0.15, 0.2) is 41.3 Å². The lowest BCUT2D eigenvalue weighted by molar-refractivity contribution is 0.521. The van der Waals surface area contributed by atoms with Crippen LogP contribution in [-0.4, -0.2) is 13.4 Å². The van der Waals surface area contributed by atoms with Gasteiger partial charge in [-0.05, 0) is 24.3 Å². The largest absolute Gasteiger partial charge is 0.268 e. The highest BCUT2D eigenvalue weighted by Gasteiger charge is 2.24. The molecule has 4 nitrogen and oxygen atoms in total. The molecule has 1 aromatic carbocycles. The number of pyridine rings is 1. The van der Waals surface area contributed by atoms with E-state index >= 15 is 0 Å². The standard InChI is InChI=1S/C11H7F3N2O2S/c12-7-3-1-4-8(13)11(7)19(17,18)16-10-6-2-5-9(14)15-10/h1-6H,(H,15,16). The monoisotopic (exact) mass is 288 g/mol. The smallest absolute Gasteiger partial charge is 0.263 e. The molecule has 0 fully saturated rings. The van der Waals surface area contributed by atoms with Gasteiger partial charge in [0.05, 0.1) is 0 Å². The fraction of sp³-hybridized carbons (Fsp3) is 0. The number of rotatable bonds is 3. The number of nitrogens with zero attached hydrogens (tertiary/aromatic N) is 1. The van der Waals surface area contributed by atoms with Crippen molar-refractivity contribution in [2.45, 2.75) is 4.90 Å². The Hall–Kier alpha value is -2.09. The average molecular weight is 288 g/mol. The maximum atomic E-state index is 13.4. The highest BCUT2D eigenvalue weighted by Crippen LogP contribution is 2.20.